The van der Waals surface area contributed by atoms with Crippen LogP contribution in [0.3, 0.4) is 0 Å². The van der Waals surface area contributed by atoms with E-state index >= 15 is 0 Å². The van der Waals surface area contributed by atoms with Gasteiger partial charge in [0, 0.05) is 13.1 Å². The Hall–Kier alpha value is -1.63. The van der Waals surface area contributed by atoms with Crippen molar-refractivity contribution in [3.63, 3.8) is 0 Å². The van der Waals surface area contributed by atoms with E-state index in [1.807, 2.05) is 4.90 Å². The molecule has 2 unspecified atom stereocenters. The molecular formula is C10H15N5O2. The third-order valence-corrected chi connectivity index (χ3v) is 3.25. The van der Waals surface area contributed by atoms with Crippen LogP contribution in [-0.2, 0) is 16.1 Å². The van der Waals surface area contributed by atoms with E-state index in [9.17, 15) is 4.79 Å². The van der Waals surface area contributed by atoms with E-state index in [0.29, 0.717) is 13.1 Å². The molecule has 0 saturated carbocycles. The van der Waals surface area contributed by atoms with E-state index in [1.54, 1.807) is 0 Å². The van der Waals surface area contributed by atoms with Gasteiger partial charge in [0.15, 0.2) is 0 Å². The summed E-state index contributed by atoms with van der Waals surface area (Å²) in [5.41, 5.74) is 5.40. The standard InChI is InChI=1S/C10H15N5O2/c11-10-12-6-15(13-10)5-9(16)14-3-7-1-2-8(4-14)17-7/h6-8H,1-5H2,(H2,11,13). The van der Waals surface area contributed by atoms with Gasteiger partial charge in [0.25, 0.3) is 0 Å². The highest BCUT2D eigenvalue weighted by atomic mass is 16.5. The van der Waals surface area contributed by atoms with Crippen molar-refractivity contribution >= 4 is 11.9 Å². The van der Waals surface area contributed by atoms with Crippen molar-refractivity contribution in [3.8, 4) is 0 Å². The Morgan fingerprint density at radius 1 is 1.47 bits per heavy atom. The maximum Gasteiger partial charge on any atom is 0.244 e. The number of ether oxygens (including phenoxy) is 1. The summed E-state index contributed by atoms with van der Waals surface area (Å²) < 4.78 is 7.15. The number of nitrogens with zero attached hydrogens (tertiary/aromatic N) is 4. The molecule has 7 nitrogen and oxygen atoms in total. The number of anilines is 1. The summed E-state index contributed by atoms with van der Waals surface area (Å²) in [6, 6.07) is 0. The van der Waals surface area contributed by atoms with Crippen molar-refractivity contribution < 1.29 is 9.53 Å². The molecule has 2 fully saturated rings. The molecule has 3 rings (SSSR count). The van der Waals surface area contributed by atoms with E-state index in [2.05, 4.69) is 10.1 Å². The fourth-order valence-corrected chi connectivity index (χ4v) is 2.44. The molecule has 17 heavy (non-hydrogen) atoms. The lowest BCUT2D eigenvalue weighted by Gasteiger charge is -2.32. The van der Waals surface area contributed by atoms with Crippen molar-refractivity contribution in [2.24, 2.45) is 0 Å². The van der Waals surface area contributed by atoms with Crippen LogP contribution in [0.15, 0.2) is 6.33 Å². The number of fused-ring (bicyclic) bond motifs is 2. The molecule has 2 atom stereocenters. The molecule has 2 bridgehead atoms. The summed E-state index contributed by atoms with van der Waals surface area (Å²) in [4.78, 5) is 17.7. The minimum absolute atomic E-state index is 0.0510. The van der Waals surface area contributed by atoms with Gasteiger partial charge in [-0.05, 0) is 12.8 Å². The monoisotopic (exact) mass is 237 g/mol. The molecule has 2 aliphatic rings. The quantitative estimate of drug-likeness (QED) is 0.731. The first-order valence-electron chi connectivity index (χ1n) is 5.79. The van der Waals surface area contributed by atoms with E-state index in [0.717, 1.165) is 12.8 Å². The Kier molecular flexibility index (Phi) is 2.47. The molecule has 1 aromatic rings. The highest BCUT2D eigenvalue weighted by Crippen LogP contribution is 2.26. The molecular weight excluding hydrogens is 222 g/mol. The lowest BCUT2D eigenvalue weighted by atomic mass is 10.2. The van der Waals surface area contributed by atoms with E-state index < -0.39 is 0 Å². The predicted octanol–water partition coefficient (Wildman–Crippen LogP) is -0.750. The second-order valence-corrected chi connectivity index (χ2v) is 4.56. The summed E-state index contributed by atoms with van der Waals surface area (Å²) in [5.74, 6) is 0.245. The number of hydrogen-bond donors (Lipinski definition) is 1. The van der Waals surface area contributed by atoms with Gasteiger partial charge in [0.2, 0.25) is 11.9 Å². The second kappa shape index (κ2) is 3.99. The minimum atomic E-state index is 0.0510. The van der Waals surface area contributed by atoms with Gasteiger partial charge >= 0.3 is 0 Å². The van der Waals surface area contributed by atoms with Crippen LogP contribution in [0.5, 0.6) is 0 Å². The number of likely N-dealkylation sites (tertiary alicyclic amines) is 1. The number of nitrogens with two attached hydrogens (primary N) is 1. The van der Waals surface area contributed by atoms with Crippen LogP contribution in [0.2, 0.25) is 0 Å². The first kappa shape index (κ1) is 10.5. The average molecular weight is 237 g/mol. The first-order valence-corrected chi connectivity index (χ1v) is 5.79. The van der Waals surface area contributed by atoms with Gasteiger partial charge < -0.3 is 15.4 Å². The summed E-state index contributed by atoms with van der Waals surface area (Å²) in [5, 5.41) is 3.90. The fraction of sp³-hybridized carbons (Fsp3) is 0.700. The average Bonchev–Trinajstić information content (AvgIpc) is 2.85. The summed E-state index contributed by atoms with van der Waals surface area (Å²) in [7, 11) is 0. The topological polar surface area (TPSA) is 86.3 Å². The van der Waals surface area contributed by atoms with Crippen molar-refractivity contribution in [1.29, 1.82) is 0 Å². The van der Waals surface area contributed by atoms with Crippen LogP contribution in [-0.4, -0.2) is 50.9 Å². The maximum atomic E-state index is 12.0. The van der Waals surface area contributed by atoms with Crippen molar-refractivity contribution in [2.75, 3.05) is 18.8 Å². The summed E-state index contributed by atoms with van der Waals surface area (Å²) in [6.07, 6.45) is 4.04. The van der Waals surface area contributed by atoms with E-state index in [4.69, 9.17) is 10.5 Å². The van der Waals surface area contributed by atoms with Crippen molar-refractivity contribution in [3.05, 3.63) is 6.33 Å². The van der Waals surface area contributed by atoms with Crippen molar-refractivity contribution in [2.45, 2.75) is 31.6 Å². The van der Waals surface area contributed by atoms with Gasteiger partial charge in [-0.15, -0.1) is 5.10 Å². The molecule has 2 aliphatic heterocycles. The van der Waals surface area contributed by atoms with Gasteiger partial charge in [-0.25, -0.2) is 9.67 Å². The SMILES string of the molecule is Nc1ncn(CC(=O)N2CC3CCC(C2)O3)n1. The molecule has 0 spiro atoms. The minimum Gasteiger partial charge on any atom is -0.371 e. The molecule has 0 radical (unpaired) electrons. The lowest BCUT2D eigenvalue weighted by Crippen LogP contribution is -2.47. The molecule has 2 saturated heterocycles. The van der Waals surface area contributed by atoms with Gasteiger partial charge in [0.05, 0.1) is 12.2 Å². The molecule has 92 valence electrons. The zero-order valence-electron chi connectivity index (χ0n) is 9.45. The fourth-order valence-electron chi connectivity index (χ4n) is 2.44. The van der Waals surface area contributed by atoms with Crippen LogP contribution in [0.25, 0.3) is 0 Å². The van der Waals surface area contributed by atoms with Gasteiger partial charge in [0.1, 0.15) is 12.9 Å². The highest BCUT2D eigenvalue weighted by Gasteiger charge is 2.35. The predicted molar refractivity (Wildman–Crippen MR) is 58.9 cm³/mol. The van der Waals surface area contributed by atoms with Crippen molar-refractivity contribution in [1.82, 2.24) is 19.7 Å². The Balaban J connectivity index is 1.63. The normalized spacial score (nSPS) is 27.4. The zero-order valence-corrected chi connectivity index (χ0v) is 9.45. The Bertz CT molecular complexity index is 420. The molecule has 1 amide bonds. The van der Waals surface area contributed by atoms with Crippen LogP contribution < -0.4 is 5.73 Å². The smallest absolute Gasteiger partial charge is 0.244 e. The van der Waals surface area contributed by atoms with Crippen LogP contribution >= 0.6 is 0 Å². The van der Waals surface area contributed by atoms with Gasteiger partial charge in [-0.2, -0.15) is 0 Å². The van der Waals surface area contributed by atoms with Gasteiger partial charge in [-0.1, -0.05) is 0 Å². The van der Waals surface area contributed by atoms with E-state index in [-0.39, 0.29) is 30.6 Å². The number of nitrogen functional groups attached to an aromatic ring is 1. The number of morpholine rings is 1. The molecule has 1 aromatic heterocycles. The number of hydrogen-bond acceptors (Lipinski definition) is 5. The number of aromatic nitrogens is 3. The first-order chi connectivity index (χ1) is 8.20. The van der Waals surface area contributed by atoms with Crippen LogP contribution in [0.1, 0.15) is 12.8 Å². The summed E-state index contributed by atoms with van der Waals surface area (Å²) in [6.45, 7) is 1.59. The number of amides is 1. The number of carbonyl (C=O) groups excluding carboxylic acids is 1. The summed E-state index contributed by atoms with van der Waals surface area (Å²) >= 11 is 0. The zero-order chi connectivity index (χ0) is 11.8. The third-order valence-electron chi connectivity index (χ3n) is 3.25. The maximum absolute atomic E-state index is 12.0. The Labute approximate surface area is 98.5 Å². The molecule has 0 aromatic carbocycles. The molecule has 3 heterocycles. The third kappa shape index (κ3) is 2.10. The molecule has 0 aliphatic carbocycles. The number of rotatable bonds is 2. The lowest BCUT2D eigenvalue weighted by molar-refractivity contribution is -0.140. The Morgan fingerprint density at radius 3 is 2.76 bits per heavy atom. The van der Waals surface area contributed by atoms with Gasteiger partial charge in [-0.3, -0.25) is 4.79 Å². The molecule has 7 heteroatoms. The largest absolute Gasteiger partial charge is 0.371 e. The molecule has 2 N–H and O–H groups in total. The number of carbonyl (C=O) groups is 1. The Morgan fingerprint density at radius 2 is 2.18 bits per heavy atom. The second-order valence-electron chi connectivity index (χ2n) is 4.56. The van der Waals surface area contributed by atoms with Crippen LogP contribution in [0, 0.1) is 0 Å². The van der Waals surface area contributed by atoms with E-state index in [1.165, 1.54) is 11.0 Å². The van der Waals surface area contributed by atoms with Crippen LogP contribution in [0.4, 0.5) is 5.95 Å². The highest BCUT2D eigenvalue weighted by molar-refractivity contribution is 5.76.